The van der Waals surface area contributed by atoms with Gasteiger partial charge in [-0.05, 0) is 45.0 Å². The molecule has 1 amide bonds. The van der Waals surface area contributed by atoms with Crippen molar-refractivity contribution >= 4 is 36.4 Å². The number of anilines is 1. The third-order valence-corrected chi connectivity index (χ3v) is 2.97. The van der Waals surface area contributed by atoms with E-state index < -0.39 is 0 Å². The molecule has 1 fully saturated rings. The van der Waals surface area contributed by atoms with Crippen LogP contribution in [0.25, 0.3) is 0 Å². The maximum atomic E-state index is 12.0. The summed E-state index contributed by atoms with van der Waals surface area (Å²) >= 11 is 0. The van der Waals surface area contributed by atoms with Gasteiger partial charge in [-0.1, -0.05) is 0 Å². The van der Waals surface area contributed by atoms with Gasteiger partial charge in [-0.2, -0.15) is 0 Å². The molecule has 102 valence electrons. The Kier molecular flexibility index (Phi) is 7.91. The van der Waals surface area contributed by atoms with E-state index in [0.29, 0.717) is 0 Å². The molecule has 2 rings (SSSR count). The molecule has 0 atom stereocenters. The fourth-order valence-corrected chi connectivity index (χ4v) is 1.94. The molecule has 0 aromatic carbocycles. The van der Waals surface area contributed by atoms with Crippen LogP contribution in [-0.2, 0) is 4.79 Å². The maximum absolute atomic E-state index is 12.0. The maximum Gasteiger partial charge on any atom is 0.227 e. The summed E-state index contributed by atoms with van der Waals surface area (Å²) in [4.78, 5) is 16.1. The highest BCUT2D eigenvalue weighted by Crippen LogP contribution is 2.16. The van der Waals surface area contributed by atoms with Crippen LogP contribution in [0.4, 0.5) is 5.69 Å². The van der Waals surface area contributed by atoms with Crippen LogP contribution in [0.2, 0.25) is 0 Å². The number of piperidine rings is 1. The summed E-state index contributed by atoms with van der Waals surface area (Å²) in [6.45, 7) is 3.77. The largest absolute Gasteiger partial charge is 0.324 e. The first-order valence-corrected chi connectivity index (χ1v) is 5.70. The normalized spacial score (nSPS) is 15.2. The zero-order valence-electron chi connectivity index (χ0n) is 10.3. The predicted octanol–water partition coefficient (Wildman–Crippen LogP) is 2.17. The molecular weight excluding hydrogens is 273 g/mol. The van der Waals surface area contributed by atoms with Gasteiger partial charge >= 0.3 is 0 Å². The van der Waals surface area contributed by atoms with Crippen molar-refractivity contribution in [3.05, 3.63) is 24.0 Å². The quantitative estimate of drug-likeness (QED) is 0.878. The van der Waals surface area contributed by atoms with Gasteiger partial charge in [-0.3, -0.25) is 9.78 Å². The molecule has 6 heteroatoms. The molecule has 1 aliphatic heterocycles. The first kappa shape index (κ1) is 17.2. The Morgan fingerprint density at radius 1 is 1.39 bits per heavy atom. The minimum absolute atomic E-state index is 0. The Labute approximate surface area is 120 Å². The smallest absolute Gasteiger partial charge is 0.227 e. The van der Waals surface area contributed by atoms with Gasteiger partial charge in [-0.15, -0.1) is 24.8 Å². The van der Waals surface area contributed by atoms with Crippen LogP contribution in [-0.4, -0.2) is 24.0 Å². The number of aryl methyl sites for hydroxylation is 1. The van der Waals surface area contributed by atoms with Gasteiger partial charge in [0.15, 0.2) is 0 Å². The second kappa shape index (κ2) is 8.29. The summed E-state index contributed by atoms with van der Waals surface area (Å²) in [7, 11) is 0. The number of nitrogens with one attached hydrogen (secondary N) is 2. The summed E-state index contributed by atoms with van der Waals surface area (Å²) in [6, 6.07) is 3.73. The van der Waals surface area contributed by atoms with Crippen LogP contribution in [0.5, 0.6) is 0 Å². The fraction of sp³-hybridized carbons (Fsp3) is 0.500. The lowest BCUT2D eigenvalue weighted by atomic mass is 9.97. The zero-order chi connectivity index (χ0) is 11.4. The molecule has 2 N–H and O–H groups in total. The molecule has 2 heterocycles. The van der Waals surface area contributed by atoms with Crippen molar-refractivity contribution in [2.75, 3.05) is 18.4 Å². The highest BCUT2D eigenvalue weighted by atomic mass is 35.5. The molecule has 1 saturated heterocycles. The van der Waals surface area contributed by atoms with Crippen LogP contribution in [0, 0.1) is 12.8 Å². The molecule has 0 aliphatic carbocycles. The average molecular weight is 292 g/mol. The van der Waals surface area contributed by atoms with E-state index in [2.05, 4.69) is 15.6 Å². The van der Waals surface area contributed by atoms with E-state index >= 15 is 0 Å². The van der Waals surface area contributed by atoms with Crippen molar-refractivity contribution in [3.63, 3.8) is 0 Å². The SMILES string of the molecule is Cc1ncccc1NC(=O)C1CCNCC1.Cl.Cl. The van der Waals surface area contributed by atoms with Gasteiger partial charge in [-0.25, -0.2) is 0 Å². The number of hydrogen-bond donors (Lipinski definition) is 2. The standard InChI is InChI=1S/C12H17N3O.2ClH/c1-9-11(3-2-6-14-9)15-12(16)10-4-7-13-8-5-10;;/h2-3,6,10,13H,4-5,7-8H2,1H3,(H,15,16);2*1H. The van der Waals surface area contributed by atoms with Crippen LogP contribution >= 0.6 is 24.8 Å². The summed E-state index contributed by atoms with van der Waals surface area (Å²) in [6.07, 6.45) is 3.58. The molecular formula is C12H19Cl2N3O. The number of aromatic nitrogens is 1. The first-order valence-electron chi connectivity index (χ1n) is 5.70. The Morgan fingerprint density at radius 2 is 2.06 bits per heavy atom. The van der Waals surface area contributed by atoms with Crippen molar-refractivity contribution in [2.24, 2.45) is 5.92 Å². The Morgan fingerprint density at radius 3 is 2.67 bits per heavy atom. The van der Waals surface area contributed by atoms with E-state index in [1.165, 1.54) is 0 Å². The van der Waals surface area contributed by atoms with E-state index in [-0.39, 0.29) is 36.6 Å². The van der Waals surface area contributed by atoms with E-state index in [1.54, 1.807) is 6.20 Å². The minimum atomic E-state index is 0. The molecule has 1 aliphatic rings. The number of halogens is 2. The summed E-state index contributed by atoms with van der Waals surface area (Å²) in [5, 5.41) is 6.20. The third kappa shape index (κ3) is 4.44. The van der Waals surface area contributed by atoms with Crippen molar-refractivity contribution in [1.29, 1.82) is 0 Å². The van der Waals surface area contributed by atoms with E-state index in [4.69, 9.17) is 0 Å². The number of hydrogen-bond acceptors (Lipinski definition) is 3. The number of carbonyl (C=O) groups is 1. The summed E-state index contributed by atoms with van der Waals surface area (Å²) < 4.78 is 0. The number of nitrogens with zero attached hydrogens (tertiary/aromatic N) is 1. The van der Waals surface area contributed by atoms with Crippen LogP contribution < -0.4 is 10.6 Å². The van der Waals surface area contributed by atoms with Gasteiger partial charge in [0.05, 0.1) is 11.4 Å². The van der Waals surface area contributed by atoms with Crippen LogP contribution in [0.1, 0.15) is 18.5 Å². The second-order valence-electron chi connectivity index (χ2n) is 4.15. The molecule has 0 radical (unpaired) electrons. The van der Waals surface area contributed by atoms with Crippen LogP contribution in [0.15, 0.2) is 18.3 Å². The highest BCUT2D eigenvalue weighted by molar-refractivity contribution is 5.93. The highest BCUT2D eigenvalue weighted by Gasteiger charge is 2.21. The molecule has 0 unspecified atom stereocenters. The van der Waals surface area contributed by atoms with Gasteiger partial charge < -0.3 is 10.6 Å². The number of amides is 1. The monoisotopic (exact) mass is 291 g/mol. The van der Waals surface area contributed by atoms with Crippen molar-refractivity contribution in [2.45, 2.75) is 19.8 Å². The lowest BCUT2D eigenvalue weighted by Gasteiger charge is -2.22. The summed E-state index contributed by atoms with van der Waals surface area (Å²) in [5.41, 5.74) is 1.69. The fourth-order valence-electron chi connectivity index (χ4n) is 1.94. The van der Waals surface area contributed by atoms with Gasteiger partial charge in [0.2, 0.25) is 5.91 Å². The second-order valence-corrected chi connectivity index (χ2v) is 4.15. The van der Waals surface area contributed by atoms with E-state index in [1.807, 2.05) is 19.1 Å². The van der Waals surface area contributed by atoms with Crippen molar-refractivity contribution in [1.82, 2.24) is 10.3 Å². The molecule has 1 aromatic rings. The molecule has 0 spiro atoms. The lowest BCUT2D eigenvalue weighted by Crippen LogP contribution is -2.34. The van der Waals surface area contributed by atoms with Crippen molar-refractivity contribution in [3.8, 4) is 0 Å². The topological polar surface area (TPSA) is 54.0 Å². The third-order valence-electron chi connectivity index (χ3n) is 2.97. The molecule has 1 aromatic heterocycles. The Hall–Kier alpha value is -0.840. The van der Waals surface area contributed by atoms with E-state index in [9.17, 15) is 4.79 Å². The molecule has 18 heavy (non-hydrogen) atoms. The first-order chi connectivity index (χ1) is 7.77. The van der Waals surface area contributed by atoms with Crippen LogP contribution in [0.3, 0.4) is 0 Å². The average Bonchev–Trinajstić information content (AvgIpc) is 2.33. The minimum Gasteiger partial charge on any atom is -0.324 e. The number of pyridine rings is 1. The predicted molar refractivity (Wildman–Crippen MR) is 77.7 cm³/mol. The lowest BCUT2D eigenvalue weighted by molar-refractivity contribution is -0.120. The molecule has 0 bridgehead atoms. The Balaban J connectivity index is 0.00000144. The van der Waals surface area contributed by atoms with Crippen molar-refractivity contribution < 1.29 is 4.79 Å². The number of rotatable bonds is 2. The Bertz CT molecular complexity index is 381. The zero-order valence-corrected chi connectivity index (χ0v) is 11.9. The van der Waals surface area contributed by atoms with Gasteiger partial charge in [0.25, 0.3) is 0 Å². The van der Waals surface area contributed by atoms with E-state index in [0.717, 1.165) is 37.3 Å². The molecule has 0 saturated carbocycles. The van der Waals surface area contributed by atoms with Gasteiger partial charge in [0.1, 0.15) is 0 Å². The van der Waals surface area contributed by atoms with Gasteiger partial charge in [0, 0.05) is 12.1 Å². The summed E-state index contributed by atoms with van der Waals surface area (Å²) in [5.74, 6) is 0.262. The number of carbonyl (C=O) groups excluding carboxylic acids is 1. The molecule has 4 nitrogen and oxygen atoms in total.